The summed E-state index contributed by atoms with van der Waals surface area (Å²) in [4.78, 5) is 15.1. The molecule has 2 aromatic rings. The Morgan fingerprint density at radius 3 is 2.69 bits per heavy atom. The number of nitrogens with two attached hydrogens (primary N) is 1. The number of rotatable bonds is 6. The summed E-state index contributed by atoms with van der Waals surface area (Å²) in [5, 5.41) is 2.55. The number of anilines is 1. The molecule has 8 heteroatoms. The van der Waals surface area contributed by atoms with Crippen molar-refractivity contribution in [3.8, 4) is 0 Å². The molecule has 0 aliphatic heterocycles. The molecular weight excluding hydrogens is 347 g/mol. The Morgan fingerprint density at radius 2 is 2.00 bits per heavy atom. The number of amides is 1. The molecule has 1 aromatic heterocycles. The number of nitrogens with zero attached hydrogens (tertiary/aromatic N) is 1. The molecule has 2 rings (SSSR count). The molecule has 0 unspecified atom stereocenters. The van der Waals surface area contributed by atoms with Crippen molar-refractivity contribution < 1.29 is 22.7 Å². The summed E-state index contributed by atoms with van der Waals surface area (Å²) in [6.07, 6.45) is -0.914. The number of carbonyl (C=O) groups excluding carboxylic acids is 1. The van der Waals surface area contributed by atoms with Gasteiger partial charge in [-0.1, -0.05) is 42.5 Å². The Morgan fingerprint density at radius 1 is 1.27 bits per heavy atom. The zero-order valence-electron chi connectivity index (χ0n) is 13.8. The van der Waals surface area contributed by atoms with Gasteiger partial charge in [0.1, 0.15) is 12.4 Å². The molecule has 1 heterocycles. The topological polar surface area (TPSA) is 77.2 Å². The van der Waals surface area contributed by atoms with E-state index in [1.807, 2.05) is 30.3 Å². The quantitative estimate of drug-likeness (QED) is 0.758. The van der Waals surface area contributed by atoms with Crippen LogP contribution in [-0.4, -0.2) is 17.6 Å². The number of hydrogen-bond acceptors (Lipinski definition) is 4. The Kier molecular flexibility index (Phi) is 6.60. The molecule has 1 aromatic carbocycles. The highest BCUT2D eigenvalue weighted by molar-refractivity contribution is 5.67. The molecule has 1 amide bonds. The molecule has 26 heavy (non-hydrogen) atoms. The van der Waals surface area contributed by atoms with Crippen molar-refractivity contribution >= 4 is 18.0 Å². The highest BCUT2D eigenvalue weighted by Gasteiger charge is 2.31. The third-order valence-corrected chi connectivity index (χ3v) is 3.37. The van der Waals surface area contributed by atoms with Gasteiger partial charge in [0, 0.05) is 18.3 Å². The van der Waals surface area contributed by atoms with E-state index in [0.717, 1.165) is 11.6 Å². The SMILES string of the molecule is Nc1ncc(C(F)(F)F)cc1C=CCCNC(=O)OCc1ccccc1. The van der Waals surface area contributed by atoms with Crippen molar-refractivity contribution in [2.45, 2.75) is 19.2 Å². The maximum Gasteiger partial charge on any atom is 0.417 e. The van der Waals surface area contributed by atoms with Crippen LogP contribution in [0.4, 0.5) is 23.8 Å². The summed E-state index contributed by atoms with van der Waals surface area (Å²) in [5.41, 5.74) is 5.75. The van der Waals surface area contributed by atoms with Gasteiger partial charge in [-0.25, -0.2) is 9.78 Å². The number of nitrogen functional groups attached to an aromatic ring is 1. The largest absolute Gasteiger partial charge is 0.445 e. The van der Waals surface area contributed by atoms with Crippen LogP contribution in [0.1, 0.15) is 23.1 Å². The lowest BCUT2D eigenvalue weighted by Crippen LogP contribution is -2.24. The van der Waals surface area contributed by atoms with Crippen LogP contribution >= 0.6 is 0 Å². The van der Waals surface area contributed by atoms with E-state index in [-0.39, 0.29) is 24.5 Å². The summed E-state index contributed by atoms with van der Waals surface area (Å²) < 4.78 is 43.0. The summed E-state index contributed by atoms with van der Waals surface area (Å²) >= 11 is 0. The van der Waals surface area contributed by atoms with Gasteiger partial charge < -0.3 is 15.8 Å². The second-order valence-electron chi connectivity index (χ2n) is 5.38. The van der Waals surface area contributed by atoms with Crippen molar-refractivity contribution in [3.63, 3.8) is 0 Å². The van der Waals surface area contributed by atoms with E-state index in [0.29, 0.717) is 12.6 Å². The van der Waals surface area contributed by atoms with Crippen LogP contribution in [-0.2, 0) is 17.5 Å². The van der Waals surface area contributed by atoms with Gasteiger partial charge in [0.25, 0.3) is 0 Å². The standard InChI is InChI=1S/C18H18F3N3O2/c19-18(20,21)15-10-14(16(22)24-11-15)8-4-5-9-23-17(25)26-12-13-6-2-1-3-7-13/h1-4,6-8,10-11H,5,9,12H2,(H2,22,24)(H,23,25). The van der Waals surface area contributed by atoms with Gasteiger partial charge >= 0.3 is 12.3 Å². The van der Waals surface area contributed by atoms with Gasteiger partial charge in [-0.05, 0) is 18.1 Å². The molecule has 0 bridgehead atoms. The molecule has 0 spiro atoms. The fourth-order valence-corrected chi connectivity index (χ4v) is 2.02. The molecule has 0 radical (unpaired) electrons. The molecule has 5 nitrogen and oxygen atoms in total. The van der Waals surface area contributed by atoms with Crippen molar-refractivity contribution in [2.24, 2.45) is 0 Å². The third-order valence-electron chi connectivity index (χ3n) is 3.37. The Balaban J connectivity index is 1.76. The average Bonchev–Trinajstić information content (AvgIpc) is 2.61. The zero-order chi connectivity index (χ0) is 19.0. The lowest BCUT2D eigenvalue weighted by Gasteiger charge is -2.08. The van der Waals surface area contributed by atoms with Crippen LogP contribution in [0.5, 0.6) is 0 Å². The number of pyridine rings is 1. The maximum atomic E-state index is 12.7. The number of alkyl halides is 3. The van der Waals surface area contributed by atoms with Crippen LogP contribution in [0.3, 0.4) is 0 Å². The van der Waals surface area contributed by atoms with Crippen molar-refractivity contribution in [2.75, 3.05) is 12.3 Å². The fourth-order valence-electron chi connectivity index (χ4n) is 2.02. The molecule has 0 fully saturated rings. The minimum Gasteiger partial charge on any atom is -0.445 e. The fraction of sp³-hybridized carbons (Fsp3) is 0.222. The zero-order valence-corrected chi connectivity index (χ0v) is 13.8. The predicted molar refractivity (Wildman–Crippen MR) is 91.9 cm³/mol. The van der Waals surface area contributed by atoms with Crippen molar-refractivity contribution in [1.82, 2.24) is 10.3 Å². The van der Waals surface area contributed by atoms with Crippen LogP contribution in [0.25, 0.3) is 6.08 Å². The van der Waals surface area contributed by atoms with E-state index in [4.69, 9.17) is 10.5 Å². The summed E-state index contributed by atoms with van der Waals surface area (Å²) in [5.74, 6) is 0.00415. The molecule has 0 saturated carbocycles. The first-order chi connectivity index (χ1) is 12.4. The number of carbonyl (C=O) groups is 1. The maximum absolute atomic E-state index is 12.7. The third kappa shape index (κ3) is 6.12. The molecule has 3 N–H and O–H groups in total. The predicted octanol–water partition coefficient (Wildman–Crippen LogP) is 4.01. The van der Waals surface area contributed by atoms with E-state index >= 15 is 0 Å². The van der Waals surface area contributed by atoms with Gasteiger partial charge in [0.2, 0.25) is 0 Å². The highest BCUT2D eigenvalue weighted by atomic mass is 19.4. The van der Waals surface area contributed by atoms with Gasteiger partial charge in [-0.3, -0.25) is 0 Å². The van der Waals surface area contributed by atoms with E-state index in [9.17, 15) is 18.0 Å². The molecule has 0 atom stereocenters. The van der Waals surface area contributed by atoms with Crippen LogP contribution in [0.15, 0.2) is 48.7 Å². The number of nitrogens with one attached hydrogen (secondary N) is 1. The van der Waals surface area contributed by atoms with Gasteiger partial charge in [-0.15, -0.1) is 0 Å². The Labute approximate surface area is 148 Å². The van der Waals surface area contributed by atoms with Crippen molar-refractivity contribution in [3.05, 3.63) is 65.4 Å². The Bertz CT molecular complexity index is 762. The van der Waals surface area contributed by atoms with Crippen LogP contribution in [0.2, 0.25) is 0 Å². The van der Waals surface area contributed by atoms with Gasteiger partial charge in [-0.2, -0.15) is 13.2 Å². The molecule has 138 valence electrons. The first-order valence-corrected chi connectivity index (χ1v) is 7.80. The molecule has 0 aliphatic carbocycles. The van der Waals surface area contributed by atoms with E-state index < -0.39 is 17.8 Å². The smallest absolute Gasteiger partial charge is 0.417 e. The minimum atomic E-state index is -4.48. The van der Waals surface area contributed by atoms with Crippen molar-refractivity contribution in [1.29, 1.82) is 0 Å². The normalized spacial score (nSPS) is 11.5. The lowest BCUT2D eigenvalue weighted by atomic mass is 10.1. The van der Waals surface area contributed by atoms with Gasteiger partial charge in [0.15, 0.2) is 0 Å². The van der Waals surface area contributed by atoms with E-state index in [1.54, 1.807) is 6.08 Å². The Hall–Kier alpha value is -3.03. The van der Waals surface area contributed by atoms with Gasteiger partial charge in [0.05, 0.1) is 5.56 Å². The first-order valence-electron chi connectivity index (χ1n) is 7.80. The summed E-state index contributed by atoms with van der Waals surface area (Å²) in [6.45, 7) is 0.436. The summed E-state index contributed by atoms with van der Waals surface area (Å²) in [7, 11) is 0. The average molecular weight is 365 g/mol. The van der Waals surface area contributed by atoms with Crippen LogP contribution in [0, 0.1) is 0 Å². The van der Waals surface area contributed by atoms with E-state index in [2.05, 4.69) is 10.3 Å². The monoisotopic (exact) mass is 365 g/mol. The second kappa shape index (κ2) is 8.89. The van der Waals surface area contributed by atoms with Crippen LogP contribution < -0.4 is 11.1 Å². The number of hydrogen-bond donors (Lipinski definition) is 2. The highest BCUT2D eigenvalue weighted by Crippen LogP contribution is 2.30. The minimum absolute atomic E-state index is 0.00415. The lowest BCUT2D eigenvalue weighted by molar-refractivity contribution is -0.137. The number of halogens is 3. The number of benzene rings is 1. The molecule has 0 saturated heterocycles. The number of ether oxygens (including phenoxy) is 1. The summed E-state index contributed by atoms with van der Waals surface area (Å²) in [6, 6.07) is 10.2. The number of alkyl carbamates (subject to hydrolysis) is 1. The molecule has 0 aliphatic rings. The van der Waals surface area contributed by atoms with E-state index in [1.165, 1.54) is 6.08 Å². The number of aromatic nitrogens is 1. The second-order valence-corrected chi connectivity index (χ2v) is 5.38. The first kappa shape index (κ1) is 19.3. The molecular formula is C18H18F3N3O2.